The number of aromatic nitrogens is 3. The lowest BCUT2D eigenvalue weighted by atomic mass is 10.3. The smallest absolute Gasteiger partial charge is 0.291 e. The molecule has 0 atom stereocenters. The predicted molar refractivity (Wildman–Crippen MR) is 96.0 cm³/mol. The van der Waals surface area contributed by atoms with Crippen LogP contribution in [-0.2, 0) is 6.54 Å². The van der Waals surface area contributed by atoms with Crippen molar-refractivity contribution in [3.05, 3.63) is 59.4 Å². The van der Waals surface area contributed by atoms with Gasteiger partial charge in [0.1, 0.15) is 5.76 Å². The molecule has 3 heterocycles. The van der Waals surface area contributed by atoms with E-state index in [1.807, 2.05) is 43.6 Å². The van der Waals surface area contributed by atoms with E-state index < -0.39 is 0 Å². The molecule has 0 aromatic carbocycles. The van der Waals surface area contributed by atoms with Gasteiger partial charge in [-0.05, 0) is 44.2 Å². The largest absolute Gasteiger partial charge is 0.454 e. The quantitative estimate of drug-likeness (QED) is 0.773. The molecule has 0 saturated heterocycles. The number of rotatable bonds is 5. The Hall–Kier alpha value is -3.09. The van der Waals surface area contributed by atoms with E-state index in [1.54, 1.807) is 30.5 Å². The van der Waals surface area contributed by atoms with E-state index in [2.05, 4.69) is 15.4 Å². The van der Waals surface area contributed by atoms with Crippen molar-refractivity contribution in [2.75, 3.05) is 24.3 Å². The van der Waals surface area contributed by atoms with E-state index >= 15 is 0 Å². The second-order valence-corrected chi connectivity index (χ2v) is 6.07. The topological polar surface area (TPSA) is 76.2 Å². The van der Waals surface area contributed by atoms with E-state index in [9.17, 15) is 4.79 Å². The molecule has 0 bridgehead atoms. The zero-order chi connectivity index (χ0) is 18.0. The average molecular weight is 339 g/mol. The molecule has 3 aromatic rings. The molecule has 3 rings (SSSR count). The first-order valence-electron chi connectivity index (χ1n) is 7.97. The Morgan fingerprint density at radius 3 is 2.76 bits per heavy atom. The molecule has 0 fully saturated rings. The minimum absolute atomic E-state index is 0.255. The number of anilines is 2. The summed E-state index contributed by atoms with van der Waals surface area (Å²) in [7, 11) is 3.74. The van der Waals surface area contributed by atoms with Crippen molar-refractivity contribution >= 4 is 17.4 Å². The van der Waals surface area contributed by atoms with Gasteiger partial charge in [0.15, 0.2) is 11.6 Å². The Labute approximate surface area is 146 Å². The molecule has 0 saturated carbocycles. The fraction of sp³-hybridized carbons (Fsp3) is 0.278. The number of amides is 1. The maximum atomic E-state index is 12.5. The van der Waals surface area contributed by atoms with Crippen LogP contribution in [0.5, 0.6) is 0 Å². The SMILES string of the molecule is Cc1cc(C)n(Cc2ccc(C(=O)Nc3cccnc3N(C)C)o2)n1. The van der Waals surface area contributed by atoms with E-state index in [0.29, 0.717) is 23.8 Å². The highest BCUT2D eigenvalue weighted by atomic mass is 16.4. The summed E-state index contributed by atoms with van der Waals surface area (Å²) in [5, 5.41) is 7.24. The summed E-state index contributed by atoms with van der Waals surface area (Å²) in [6.07, 6.45) is 1.68. The van der Waals surface area contributed by atoms with Crippen LogP contribution >= 0.6 is 0 Å². The fourth-order valence-corrected chi connectivity index (χ4v) is 2.60. The summed E-state index contributed by atoms with van der Waals surface area (Å²) in [5.41, 5.74) is 2.63. The van der Waals surface area contributed by atoms with Crippen LogP contribution in [0.3, 0.4) is 0 Å². The van der Waals surface area contributed by atoms with E-state index in [0.717, 1.165) is 11.4 Å². The Bertz CT molecular complexity index is 895. The van der Waals surface area contributed by atoms with Crippen molar-refractivity contribution in [1.29, 1.82) is 0 Å². The van der Waals surface area contributed by atoms with Crippen LogP contribution in [0.1, 0.15) is 27.7 Å². The van der Waals surface area contributed by atoms with Gasteiger partial charge in [-0.25, -0.2) is 4.98 Å². The van der Waals surface area contributed by atoms with Crippen LogP contribution < -0.4 is 10.2 Å². The van der Waals surface area contributed by atoms with Crippen molar-refractivity contribution in [1.82, 2.24) is 14.8 Å². The number of carbonyl (C=O) groups excluding carboxylic acids is 1. The second kappa shape index (κ2) is 6.80. The van der Waals surface area contributed by atoms with Crippen molar-refractivity contribution in [3.8, 4) is 0 Å². The minimum Gasteiger partial charge on any atom is -0.454 e. The van der Waals surface area contributed by atoms with Gasteiger partial charge in [0.05, 0.1) is 17.9 Å². The van der Waals surface area contributed by atoms with Crippen LogP contribution in [0.4, 0.5) is 11.5 Å². The number of nitrogens with zero attached hydrogens (tertiary/aromatic N) is 4. The van der Waals surface area contributed by atoms with Gasteiger partial charge in [-0.1, -0.05) is 0 Å². The van der Waals surface area contributed by atoms with Crippen LogP contribution in [-0.4, -0.2) is 34.8 Å². The number of nitrogens with one attached hydrogen (secondary N) is 1. The summed E-state index contributed by atoms with van der Waals surface area (Å²) in [6.45, 7) is 4.42. The molecule has 7 heteroatoms. The number of furan rings is 1. The molecule has 130 valence electrons. The molecular weight excluding hydrogens is 318 g/mol. The van der Waals surface area contributed by atoms with Crippen LogP contribution in [0.2, 0.25) is 0 Å². The van der Waals surface area contributed by atoms with Gasteiger partial charge >= 0.3 is 0 Å². The van der Waals surface area contributed by atoms with Gasteiger partial charge in [0.2, 0.25) is 0 Å². The lowest BCUT2D eigenvalue weighted by Crippen LogP contribution is -2.17. The molecule has 0 aliphatic carbocycles. The number of carbonyl (C=O) groups is 1. The Kier molecular flexibility index (Phi) is 4.56. The number of hydrogen-bond acceptors (Lipinski definition) is 5. The third kappa shape index (κ3) is 3.71. The Morgan fingerprint density at radius 2 is 2.08 bits per heavy atom. The van der Waals surface area contributed by atoms with Crippen LogP contribution in [0, 0.1) is 13.8 Å². The summed E-state index contributed by atoms with van der Waals surface area (Å²) >= 11 is 0. The van der Waals surface area contributed by atoms with Crippen molar-refractivity contribution in [2.45, 2.75) is 20.4 Å². The lowest BCUT2D eigenvalue weighted by molar-refractivity contribution is 0.0994. The lowest BCUT2D eigenvalue weighted by Gasteiger charge is -2.15. The molecule has 1 N–H and O–H groups in total. The van der Waals surface area contributed by atoms with E-state index in [-0.39, 0.29) is 11.7 Å². The van der Waals surface area contributed by atoms with E-state index in [4.69, 9.17) is 4.42 Å². The summed E-state index contributed by atoms with van der Waals surface area (Å²) in [4.78, 5) is 18.6. The molecule has 0 radical (unpaired) electrons. The summed E-state index contributed by atoms with van der Waals surface area (Å²) in [6, 6.07) is 9.05. The van der Waals surface area contributed by atoms with Crippen molar-refractivity contribution in [3.63, 3.8) is 0 Å². The average Bonchev–Trinajstić information content (AvgIpc) is 3.15. The second-order valence-electron chi connectivity index (χ2n) is 6.07. The maximum Gasteiger partial charge on any atom is 0.291 e. The molecule has 0 aliphatic heterocycles. The molecule has 7 nitrogen and oxygen atoms in total. The first-order valence-corrected chi connectivity index (χ1v) is 7.97. The Balaban J connectivity index is 1.74. The fourth-order valence-electron chi connectivity index (χ4n) is 2.60. The highest BCUT2D eigenvalue weighted by molar-refractivity contribution is 6.03. The number of hydrogen-bond donors (Lipinski definition) is 1. The van der Waals surface area contributed by atoms with Gasteiger partial charge in [-0.2, -0.15) is 5.10 Å². The van der Waals surface area contributed by atoms with Gasteiger partial charge in [0.25, 0.3) is 5.91 Å². The molecule has 0 aliphatic rings. The Morgan fingerprint density at radius 1 is 1.28 bits per heavy atom. The van der Waals surface area contributed by atoms with Gasteiger partial charge in [-0.15, -0.1) is 0 Å². The van der Waals surface area contributed by atoms with Crippen molar-refractivity contribution in [2.24, 2.45) is 0 Å². The predicted octanol–water partition coefficient (Wildman–Crippen LogP) is 2.85. The zero-order valence-corrected chi connectivity index (χ0v) is 14.8. The number of aryl methyl sites for hydroxylation is 2. The zero-order valence-electron chi connectivity index (χ0n) is 14.8. The highest BCUT2D eigenvalue weighted by Crippen LogP contribution is 2.21. The van der Waals surface area contributed by atoms with Crippen molar-refractivity contribution < 1.29 is 9.21 Å². The third-order valence-corrected chi connectivity index (χ3v) is 3.75. The van der Waals surface area contributed by atoms with Gasteiger partial charge in [-0.3, -0.25) is 9.48 Å². The van der Waals surface area contributed by atoms with Gasteiger partial charge in [0, 0.05) is 26.0 Å². The van der Waals surface area contributed by atoms with E-state index in [1.165, 1.54) is 0 Å². The minimum atomic E-state index is -0.310. The molecule has 3 aromatic heterocycles. The maximum absolute atomic E-state index is 12.5. The first kappa shape index (κ1) is 16.8. The summed E-state index contributed by atoms with van der Waals surface area (Å²) < 4.78 is 7.53. The van der Waals surface area contributed by atoms with Crippen LogP contribution in [0.15, 0.2) is 40.9 Å². The first-order chi connectivity index (χ1) is 11.9. The van der Waals surface area contributed by atoms with Crippen LogP contribution in [0.25, 0.3) is 0 Å². The molecule has 1 amide bonds. The molecule has 0 unspecified atom stereocenters. The summed E-state index contributed by atoms with van der Waals surface area (Å²) in [5.74, 6) is 1.31. The molecule has 25 heavy (non-hydrogen) atoms. The highest BCUT2D eigenvalue weighted by Gasteiger charge is 2.15. The third-order valence-electron chi connectivity index (χ3n) is 3.75. The normalized spacial score (nSPS) is 10.7. The monoisotopic (exact) mass is 339 g/mol. The standard InChI is InChI=1S/C18H21N5O2/c1-12-10-13(2)23(21-12)11-14-7-8-16(25-14)18(24)20-15-6-5-9-19-17(15)22(3)4/h5-10H,11H2,1-4H3,(H,20,24). The molecular formula is C18H21N5O2. The van der Waals surface area contributed by atoms with Gasteiger partial charge < -0.3 is 14.6 Å². The molecule has 0 spiro atoms. The number of pyridine rings is 1.